The molecule has 3 N–H and O–H groups in total. The molecule has 2 atom stereocenters. The number of anilines is 2. The van der Waals surface area contributed by atoms with E-state index in [-0.39, 0.29) is 12.0 Å². The van der Waals surface area contributed by atoms with E-state index in [9.17, 15) is 0 Å². The molecule has 2 aromatic rings. The van der Waals surface area contributed by atoms with Crippen molar-refractivity contribution in [3.8, 4) is 0 Å². The molecular weight excluding hydrogens is 250 g/mol. The van der Waals surface area contributed by atoms with Crippen molar-refractivity contribution in [3.63, 3.8) is 0 Å². The standard InChI is InChI=1S/C15H19N5/c1-8-4-5-11-7-9(2)13(12(11)6-8)19-15-18-10(3)17-14(16)20-15/h4-6,9,13H,7H2,1-3H3,(H3,16,17,18,19,20). The lowest BCUT2D eigenvalue weighted by Crippen LogP contribution is -2.17. The van der Waals surface area contributed by atoms with Crippen molar-refractivity contribution < 1.29 is 0 Å². The van der Waals surface area contributed by atoms with E-state index in [1.54, 1.807) is 0 Å². The molecule has 0 spiro atoms. The molecule has 5 heteroatoms. The first-order valence-corrected chi connectivity index (χ1v) is 6.87. The molecule has 5 nitrogen and oxygen atoms in total. The van der Waals surface area contributed by atoms with Crippen LogP contribution in [0.3, 0.4) is 0 Å². The van der Waals surface area contributed by atoms with Gasteiger partial charge in [0.05, 0.1) is 6.04 Å². The number of rotatable bonds is 2. The second-order valence-corrected chi connectivity index (χ2v) is 5.57. The van der Waals surface area contributed by atoms with Crippen LogP contribution in [0.25, 0.3) is 0 Å². The number of fused-ring (bicyclic) bond motifs is 1. The fraction of sp³-hybridized carbons (Fsp3) is 0.400. The molecule has 0 aliphatic heterocycles. The van der Waals surface area contributed by atoms with E-state index in [1.165, 1.54) is 16.7 Å². The largest absolute Gasteiger partial charge is 0.368 e. The zero-order chi connectivity index (χ0) is 14.3. The number of nitrogens with one attached hydrogen (secondary N) is 1. The van der Waals surface area contributed by atoms with Gasteiger partial charge in [-0.15, -0.1) is 0 Å². The number of nitrogens with two attached hydrogens (primary N) is 1. The highest BCUT2D eigenvalue weighted by atomic mass is 15.2. The Balaban J connectivity index is 1.93. The molecule has 1 heterocycles. The summed E-state index contributed by atoms with van der Waals surface area (Å²) in [5.74, 6) is 1.96. The molecule has 1 aromatic heterocycles. The maximum atomic E-state index is 5.68. The van der Waals surface area contributed by atoms with Gasteiger partial charge < -0.3 is 11.1 Å². The van der Waals surface area contributed by atoms with Crippen LogP contribution in [0.1, 0.15) is 35.5 Å². The Morgan fingerprint density at radius 1 is 1.20 bits per heavy atom. The van der Waals surface area contributed by atoms with Crippen LogP contribution in [-0.2, 0) is 6.42 Å². The minimum Gasteiger partial charge on any atom is -0.368 e. The summed E-state index contributed by atoms with van der Waals surface area (Å²) >= 11 is 0. The van der Waals surface area contributed by atoms with Crippen molar-refractivity contribution in [2.24, 2.45) is 5.92 Å². The third-order valence-corrected chi connectivity index (χ3v) is 3.80. The van der Waals surface area contributed by atoms with Crippen molar-refractivity contribution >= 4 is 11.9 Å². The summed E-state index contributed by atoms with van der Waals surface area (Å²) in [6, 6.07) is 6.86. The molecule has 0 amide bonds. The molecule has 0 radical (unpaired) electrons. The van der Waals surface area contributed by atoms with E-state index in [0.29, 0.717) is 17.7 Å². The molecule has 1 aliphatic rings. The normalized spacial score (nSPS) is 20.8. The van der Waals surface area contributed by atoms with Crippen LogP contribution >= 0.6 is 0 Å². The van der Waals surface area contributed by atoms with Crippen molar-refractivity contribution in [1.82, 2.24) is 15.0 Å². The first kappa shape index (κ1) is 12.8. The van der Waals surface area contributed by atoms with E-state index >= 15 is 0 Å². The Kier molecular flexibility index (Phi) is 3.04. The van der Waals surface area contributed by atoms with Crippen LogP contribution in [0.4, 0.5) is 11.9 Å². The molecule has 3 rings (SSSR count). The highest BCUT2D eigenvalue weighted by molar-refractivity contribution is 5.44. The summed E-state index contributed by atoms with van der Waals surface area (Å²) < 4.78 is 0. The van der Waals surface area contributed by atoms with Crippen molar-refractivity contribution in [2.45, 2.75) is 33.2 Å². The van der Waals surface area contributed by atoms with Crippen LogP contribution < -0.4 is 11.1 Å². The summed E-state index contributed by atoms with van der Waals surface area (Å²) in [5, 5.41) is 3.41. The Morgan fingerprint density at radius 2 is 2.00 bits per heavy atom. The van der Waals surface area contributed by atoms with Crippen molar-refractivity contribution in [3.05, 3.63) is 40.7 Å². The predicted molar refractivity (Wildman–Crippen MR) is 79.4 cm³/mol. The molecule has 1 aliphatic carbocycles. The highest BCUT2D eigenvalue weighted by Gasteiger charge is 2.29. The number of nitrogens with zero attached hydrogens (tertiary/aromatic N) is 3. The number of benzene rings is 1. The Labute approximate surface area is 118 Å². The van der Waals surface area contributed by atoms with Crippen LogP contribution in [0, 0.1) is 19.8 Å². The lowest BCUT2D eigenvalue weighted by Gasteiger charge is -2.19. The maximum Gasteiger partial charge on any atom is 0.228 e. The SMILES string of the molecule is Cc1ccc2c(c1)C(Nc1nc(C)nc(N)n1)C(C)C2. The van der Waals surface area contributed by atoms with Crippen LogP contribution in [0.2, 0.25) is 0 Å². The second-order valence-electron chi connectivity index (χ2n) is 5.57. The van der Waals surface area contributed by atoms with E-state index in [2.05, 4.69) is 52.3 Å². The number of aryl methyl sites for hydroxylation is 2. The van der Waals surface area contributed by atoms with Crippen molar-refractivity contribution in [1.29, 1.82) is 0 Å². The van der Waals surface area contributed by atoms with Gasteiger partial charge in [0, 0.05) is 0 Å². The van der Waals surface area contributed by atoms with Gasteiger partial charge in [-0.1, -0.05) is 30.7 Å². The third-order valence-electron chi connectivity index (χ3n) is 3.80. The topological polar surface area (TPSA) is 76.7 Å². The van der Waals surface area contributed by atoms with Crippen LogP contribution in [-0.4, -0.2) is 15.0 Å². The van der Waals surface area contributed by atoms with Gasteiger partial charge in [-0.3, -0.25) is 0 Å². The average molecular weight is 269 g/mol. The van der Waals surface area contributed by atoms with E-state index in [1.807, 2.05) is 6.92 Å². The van der Waals surface area contributed by atoms with Crippen LogP contribution in [0.5, 0.6) is 0 Å². The van der Waals surface area contributed by atoms with E-state index < -0.39 is 0 Å². The predicted octanol–water partition coefficient (Wildman–Crippen LogP) is 2.42. The number of hydrogen-bond donors (Lipinski definition) is 2. The number of hydrogen-bond acceptors (Lipinski definition) is 5. The smallest absolute Gasteiger partial charge is 0.228 e. The summed E-state index contributed by atoms with van der Waals surface area (Å²) in [7, 11) is 0. The Morgan fingerprint density at radius 3 is 2.75 bits per heavy atom. The van der Waals surface area contributed by atoms with Gasteiger partial charge in [-0.05, 0) is 37.3 Å². The molecule has 0 saturated heterocycles. The van der Waals surface area contributed by atoms with Gasteiger partial charge in [0.2, 0.25) is 11.9 Å². The third kappa shape index (κ3) is 2.31. The van der Waals surface area contributed by atoms with Gasteiger partial charge in [-0.25, -0.2) is 0 Å². The number of aromatic nitrogens is 3. The summed E-state index contributed by atoms with van der Waals surface area (Å²) in [4.78, 5) is 12.5. The molecule has 0 fully saturated rings. The average Bonchev–Trinajstić information content (AvgIpc) is 2.65. The lowest BCUT2D eigenvalue weighted by molar-refractivity contribution is 0.538. The van der Waals surface area contributed by atoms with Gasteiger partial charge in [0.15, 0.2) is 0 Å². The monoisotopic (exact) mass is 269 g/mol. The number of nitrogen functional groups attached to an aromatic ring is 1. The first-order valence-electron chi connectivity index (χ1n) is 6.87. The summed E-state index contributed by atoms with van der Waals surface area (Å²) in [6.07, 6.45) is 1.08. The first-order chi connectivity index (χ1) is 9.52. The van der Waals surface area contributed by atoms with Gasteiger partial charge in [-0.2, -0.15) is 15.0 Å². The van der Waals surface area contributed by atoms with Crippen molar-refractivity contribution in [2.75, 3.05) is 11.1 Å². The van der Waals surface area contributed by atoms with E-state index in [4.69, 9.17) is 5.73 Å². The van der Waals surface area contributed by atoms with Gasteiger partial charge >= 0.3 is 0 Å². The molecule has 2 unspecified atom stereocenters. The zero-order valence-electron chi connectivity index (χ0n) is 12.0. The maximum absolute atomic E-state index is 5.68. The molecule has 104 valence electrons. The molecular formula is C15H19N5. The van der Waals surface area contributed by atoms with Crippen LogP contribution in [0.15, 0.2) is 18.2 Å². The quantitative estimate of drug-likeness (QED) is 0.875. The fourth-order valence-electron chi connectivity index (χ4n) is 2.89. The molecule has 20 heavy (non-hydrogen) atoms. The summed E-state index contributed by atoms with van der Waals surface area (Å²) in [6.45, 7) is 6.18. The summed E-state index contributed by atoms with van der Waals surface area (Å²) in [5.41, 5.74) is 9.70. The highest BCUT2D eigenvalue weighted by Crippen LogP contribution is 2.38. The molecule has 0 bridgehead atoms. The minimum absolute atomic E-state index is 0.228. The molecule has 1 aromatic carbocycles. The Hall–Kier alpha value is -2.17. The lowest BCUT2D eigenvalue weighted by atomic mass is 10.0. The molecule has 0 saturated carbocycles. The fourth-order valence-corrected chi connectivity index (χ4v) is 2.89. The van der Waals surface area contributed by atoms with Gasteiger partial charge in [0.25, 0.3) is 0 Å². The zero-order valence-corrected chi connectivity index (χ0v) is 12.0. The van der Waals surface area contributed by atoms with Gasteiger partial charge in [0.1, 0.15) is 5.82 Å². The second kappa shape index (κ2) is 4.74. The Bertz CT molecular complexity index is 632. The minimum atomic E-state index is 0.228. The van der Waals surface area contributed by atoms with E-state index in [0.717, 1.165) is 6.42 Å².